The average molecular weight is 180 g/mol. The number of esters is 2. The van der Waals surface area contributed by atoms with Gasteiger partial charge in [0.2, 0.25) is 0 Å². The molecule has 0 saturated carbocycles. The molecule has 1 aliphatic heterocycles. The highest BCUT2D eigenvalue weighted by molar-refractivity contribution is 6.08. The minimum atomic E-state index is -3.01. The highest BCUT2D eigenvalue weighted by atomic mass is 19.2. The van der Waals surface area contributed by atoms with E-state index in [2.05, 4.69) is 9.47 Å². The second-order valence-electron chi connectivity index (χ2n) is 2.26. The molecule has 0 aromatic carbocycles. The molecule has 1 heterocycles. The number of nitrogens with zero attached hydrogens (tertiary/aromatic N) is 1. The Bertz CT molecular complexity index is 307. The van der Waals surface area contributed by atoms with Crippen molar-refractivity contribution in [2.45, 2.75) is 5.54 Å². The predicted molar refractivity (Wildman–Crippen MR) is 34.6 cm³/mol. The fourth-order valence-electron chi connectivity index (χ4n) is 0.829. The zero-order chi connectivity index (χ0) is 11.9. The zero-order valence-corrected chi connectivity index (χ0v) is 6.17. The van der Waals surface area contributed by atoms with Gasteiger partial charge in [-0.1, -0.05) is 0 Å². The van der Waals surface area contributed by atoms with Crippen LogP contribution in [0, 0.1) is 0 Å². The monoisotopic (exact) mass is 180 g/mol. The first kappa shape index (κ1) is 5.47. The Labute approximate surface area is 72.2 Å². The van der Waals surface area contributed by atoms with Crippen LogP contribution in [-0.4, -0.2) is 43.3 Å². The van der Waals surface area contributed by atoms with E-state index in [9.17, 15) is 14.1 Å². The topological polar surface area (TPSA) is 55.6 Å². The van der Waals surface area contributed by atoms with Crippen molar-refractivity contribution in [3.8, 4) is 0 Å². The Morgan fingerprint density at radius 1 is 1.58 bits per heavy atom. The summed E-state index contributed by atoms with van der Waals surface area (Å²) in [6.07, 6.45) is 0. The van der Waals surface area contributed by atoms with Crippen molar-refractivity contribution in [2.24, 2.45) is 0 Å². The molecule has 0 bridgehead atoms. The van der Waals surface area contributed by atoms with Crippen molar-refractivity contribution in [2.75, 3.05) is 20.7 Å². The molecule has 0 amide bonds. The lowest BCUT2D eigenvalue weighted by molar-refractivity contribution is -0.160. The van der Waals surface area contributed by atoms with Gasteiger partial charge in [0, 0.05) is 0 Å². The quantitative estimate of drug-likeness (QED) is 0.243. The second kappa shape index (κ2) is 2.71. The normalized spacial score (nSPS) is 37.2. The van der Waals surface area contributed by atoms with Crippen molar-refractivity contribution < 1.29 is 27.7 Å². The number of methoxy groups -OCH3 is 2. The molecular formula is C6H8FNO4. The van der Waals surface area contributed by atoms with Crippen LogP contribution < -0.4 is 0 Å². The van der Waals surface area contributed by atoms with Crippen LogP contribution >= 0.6 is 0 Å². The number of rotatable bonds is 2. The van der Waals surface area contributed by atoms with Gasteiger partial charge in [-0.05, 0) is 0 Å². The van der Waals surface area contributed by atoms with E-state index in [0.29, 0.717) is 0 Å². The van der Waals surface area contributed by atoms with Gasteiger partial charge in [-0.15, -0.1) is 9.60 Å². The Hall–Kier alpha value is -1.17. The summed E-state index contributed by atoms with van der Waals surface area (Å²) in [5.41, 5.74) is -2.23. The highest BCUT2D eigenvalue weighted by Crippen LogP contribution is 2.35. The molecule has 2 atom stereocenters. The van der Waals surface area contributed by atoms with E-state index in [1.54, 1.807) is 0 Å². The third-order valence-electron chi connectivity index (χ3n) is 1.63. The van der Waals surface area contributed by atoms with Crippen molar-refractivity contribution in [1.82, 2.24) is 5.12 Å². The first-order chi connectivity index (χ1) is 6.74. The first-order valence-corrected chi connectivity index (χ1v) is 2.99. The Morgan fingerprint density at radius 2 is 2.08 bits per heavy atom. The van der Waals surface area contributed by atoms with Gasteiger partial charge in [0.25, 0.3) is 5.54 Å². The Kier molecular flexibility index (Phi) is 1.23. The molecule has 0 spiro atoms. The van der Waals surface area contributed by atoms with Gasteiger partial charge in [-0.2, -0.15) is 0 Å². The minimum Gasteiger partial charge on any atom is -0.467 e. The smallest absolute Gasteiger partial charge is 0.342 e. The molecule has 0 aromatic rings. The molecule has 6 heteroatoms. The Balaban J connectivity index is 2.77. The number of hydrogen-bond acceptors (Lipinski definition) is 5. The molecule has 5 nitrogen and oxygen atoms in total. The molecular weight excluding hydrogens is 169 g/mol. The molecule has 68 valence electrons. The van der Waals surface area contributed by atoms with E-state index in [4.69, 9.17) is 4.11 Å². The van der Waals surface area contributed by atoms with Gasteiger partial charge in [0.15, 0.2) is 0 Å². The van der Waals surface area contributed by atoms with Crippen LogP contribution in [0.1, 0.15) is 4.11 Å². The maximum absolute atomic E-state index is 12.7. The first-order valence-electron chi connectivity index (χ1n) is 4.49. The fraction of sp³-hybridized carbons (Fsp3) is 0.667. The number of carbonyl (C=O) groups is 2. The van der Waals surface area contributed by atoms with E-state index in [-0.39, 0.29) is 5.12 Å². The summed E-state index contributed by atoms with van der Waals surface area (Å²) < 4.78 is 40.8. The fourth-order valence-corrected chi connectivity index (χ4v) is 0.829. The van der Waals surface area contributed by atoms with Crippen LogP contribution in [-0.2, 0) is 19.1 Å². The molecule has 0 aromatic heterocycles. The number of hydrogen-bond donors (Lipinski definition) is 0. The van der Waals surface area contributed by atoms with Gasteiger partial charge in [0.05, 0.1) is 24.8 Å². The van der Waals surface area contributed by atoms with Crippen molar-refractivity contribution in [1.29, 1.82) is 0 Å². The van der Waals surface area contributed by atoms with Crippen LogP contribution in [0.25, 0.3) is 0 Å². The summed E-state index contributed by atoms with van der Waals surface area (Å²) in [7, 11) is -2.06. The van der Waals surface area contributed by atoms with Gasteiger partial charge in [-0.25, -0.2) is 9.59 Å². The molecule has 1 saturated heterocycles. The summed E-state index contributed by atoms with van der Waals surface area (Å²) in [5, 5.41) is -0.146. The minimum absolute atomic E-state index is 0.146. The number of ether oxygens (including phenoxy) is 2. The van der Waals surface area contributed by atoms with Gasteiger partial charge in [0.1, 0.15) is 0 Å². The summed E-state index contributed by atoms with van der Waals surface area (Å²) in [6, 6.07) is 0. The molecule has 2 unspecified atom stereocenters. The van der Waals surface area contributed by atoms with Gasteiger partial charge >= 0.3 is 11.9 Å². The number of carbonyl (C=O) groups excluding carboxylic acids is 2. The highest BCUT2D eigenvalue weighted by Gasteiger charge is 2.69. The third-order valence-corrected chi connectivity index (χ3v) is 1.63. The second-order valence-corrected chi connectivity index (χ2v) is 2.26. The average Bonchev–Trinajstić information content (AvgIpc) is 2.74. The van der Waals surface area contributed by atoms with E-state index in [1.165, 1.54) is 0 Å². The lowest BCUT2D eigenvalue weighted by atomic mass is 10.1. The van der Waals surface area contributed by atoms with Crippen molar-refractivity contribution in [3.05, 3.63) is 0 Å². The van der Waals surface area contributed by atoms with E-state index in [1.807, 2.05) is 0 Å². The predicted octanol–water partition coefficient (Wildman–Crippen LogP) is -0.729. The molecule has 0 radical (unpaired) electrons. The standard InChI is InChI=1S/C6H8FNO4/c1-11-4(9)6(3-8(6)7)5(10)12-2/h3H2,1-2H3/i1D3. The lowest BCUT2D eigenvalue weighted by Crippen LogP contribution is -2.38. The summed E-state index contributed by atoms with van der Waals surface area (Å²) in [4.78, 5) is 22.2. The molecule has 1 rings (SSSR count). The zero-order valence-electron chi connectivity index (χ0n) is 9.17. The maximum Gasteiger partial charge on any atom is 0.342 e. The Morgan fingerprint density at radius 3 is 2.42 bits per heavy atom. The van der Waals surface area contributed by atoms with Crippen LogP contribution in [0.5, 0.6) is 0 Å². The summed E-state index contributed by atoms with van der Waals surface area (Å²) in [5.74, 6) is -2.66. The van der Waals surface area contributed by atoms with Crippen LogP contribution in [0.4, 0.5) is 4.48 Å². The molecule has 0 N–H and O–H groups in total. The largest absolute Gasteiger partial charge is 0.467 e. The van der Waals surface area contributed by atoms with Crippen LogP contribution in [0.3, 0.4) is 0 Å². The molecule has 0 aliphatic carbocycles. The molecule has 1 aliphatic rings. The van der Waals surface area contributed by atoms with E-state index < -0.39 is 31.1 Å². The maximum atomic E-state index is 12.7. The van der Waals surface area contributed by atoms with E-state index in [0.717, 1.165) is 7.11 Å². The van der Waals surface area contributed by atoms with Crippen LogP contribution in [0.15, 0.2) is 0 Å². The molecule has 1 fully saturated rings. The molecule has 12 heavy (non-hydrogen) atoms. The lowest BCUT2D eigenvalue weighted by Gasteiger charge is -2.07. The third kappa shape index (κ3) is 0.953. The van der Waals surface area contributed by atoms with Crippen molar-refractivity contribution in [3.63, 3.8) is 0 Å². The van der Waals surface area contributed by atoms with E-state index >= 15 is 0 Å². The SMILES string of the molecule is [2H]C([2H])([2H])OC(=O)C1(C(=O)OC)CN1F. The van der Waals surface area contributed by atoms with Crippen LogP contribution in [0.2, 0.25) is 0 Å². The summed E-state index contributed by atoms with van der Waals surface area (Å²) in [6.45, 7) is -0.561. The van der Waals surface area contributed by atoms with Gasteiger partial charge < -0.3 is 9.47 Å². The summed E-state index contributed by atoms with van der Waals surface area (Å²) >= 11 is 0. The van der Waals surface area contributed by atoms with Gasteiger partial charge in [-0.3, -0.25) is 0 Å². The number of halogens is 1. The van der Waals surface area contributed by atoms with Crippen molar-refractivity contribution >= 4 is 11.9 Å².